The number of anilines is 1. The Balaban J connectivity index is 1.78. The Morgan fingerprint density at radius 3 is 2.89 bits per heavy atom. The molecule has 2 aromatic rings. The van der Waals surface area contributed by atoms with Gasteiger partial charge in [-0.15, -0.1) is 0 Å². The van der Waals surface area contributed by atoms with Crippen molar-refractivity contribution in [2.24, 2.45) is 0 Å². The molecule has 1 aliphatic rings. The van der Waals surface area contributed by atoms with Crippen LogP contribution >= 0.6 is 0 Å². The molecule has 92 valence electrons. The molecule has 0 aliphatic heterocycles. The molecule has 3 rings (SSSR count). The molecule has 18 heavy (non-hydrogen) atoms. The fourth-order valence-electron chi connectivity index (χ4n) is 1.61. The lowest BCUT2D eigenvalue weighted by Gasteiger charge is -2.05. The number of rotatable bonds is 4. The van der Waals surface area contributed by atoms with Crippen molar-refractivity contribution in [2.75, 3.05) is 5.32 Å². The van der Waals surface area contributed by atoms with Crippen LogP contribution in [-0.2, 0) is 6.54 Å². The van der Waals surface area contributed by atoms with Crippen LogP contribution in [0.25, 0.3) is 0 Å². The van der Waals surface area contributed by atoms with Gasteiger partial charge >= 0.3 is 5.69 Å². The Morgan fingerprint density at radius 2 is 2.22 bits per heavy atom. The van der Waals surface area contributed by atoms with Crippen LogP contribution in [0.15, 0.2) is 35.5 Å². The highest BCUT2D eigenvalue weighted by Gasteiger charge is 2.22. The van der Waals surface area contributed by atoms with Gasteiger partial charge < -0.3 is 5.32 Å². The van der Waals surface area contributed by atoms with Crippen molar-refractivity contribution in [2.45, 2.75) is 25.4 Å². The predicted octanol–water partition coefficient (Wildman–Crippen LogP) is 0.656. The second-order valence-corrected chi connectivity index (χ2v) is 4.33. The summed E-state index contributed by atoms with van der Waals surface area (Å²) >= 11 is 0. The van der Waals surface area contributed by atoms with E-state index in [0.717, 1.165) is 18.5 Å². The zero-order valence-corrected chi connectivity index (χ0v) is 9.78. The first kappa shape index (κ1) is 10.9. The van der Waals surface area contributed by atoms with Crippen LogP contribution in [0.5, 0.6) is 0 Å². The van der Waals surface area contributed by atoms with Crippen LogP contribution in [0.1, 0.15) is 18.5 Å². The molecule has 1 N–H and O–H groups in total. The number of hydrogen-bond donors (Lipinski definition) is 1. The minimum absolute atomic E-state index is 0.307. The summed E-state index contributed by atoms with van der Waals surface area (Å²) in [5, 5.41) is 3.10. The number of hydrogen-bond acceptors (Lipinski definition) is 5. The summed E-state index contributed by atoms with van der Waals surface area (Å²) in [5.41, 5.74) is 0.505. The standard InChI is InChI=1S/C12H13N5O/c18-12-16-11(15-9-4-5-9)14-8-17(12)7-10-3-1-2-6-13-10/h1-3,6,8-9H,4-5,7H2,(H,15,16,18). The van der Waals surface area contributed by atoms with Crippen LogP contribution < -0.4 is 11.0 Å². The molecule has 2 aromatic heterocycles. The van der Waals surface area contributed by atoms with Crippen LogP contribution in [0.3, 0.4) is 0 Å². The molecule has 0 saturated heterocycles. The predicted molar refractivity (Wildman–Crippen MR) is 66.3 cm³/mol. The Labute approximate surface area is 104 Å². The Kier molecular flexibility index (Phi) is 2.76. The summed E-state index contributed by atoms with van der Waals surface area (Å²) in [6.45, 7) is 0.392. The van der Waals surface area contributed by atoms with Gasteiger partial charge in [0.15, 0.2) is 0 Å². The van der Waals surface area contributed by atoms with Crippen LogP contribution in [-0.4, -0.2) is 25.6 Å². The monoisotopic (exact) mass is 243 g/mol. The number of aromatic nitrogens is 4. The van der Waals surface area contributed by atoms with Crippen molar-refractivity contribution in [1.29, 1.82) is 0 Å². The zero-order chi connectivity index (χ0) is 12.4. The summed E-state index contributed by atoms with van der Waals surface area (Å²) in [7, 11) is 0. The van der Waals surface area contributed by atoms with Crippen molar-refractivity contribution in [3.05, 3.63) is 46.9 Å². The average Bonchev–Trinajstić information content (AvgIpc) is 3.18. The highest BCUT2D eigenvalue weighted by Crippen LogP contribution is 2.22. The first-order valence-corrected chi connectivity index (χ1v) is 5.91. The normalized spacial score (nSPS) is 14.4. The summed E-state index contributed by atoms with van der Waals surface area (Å²) in [4.78, 5) is 24.0. The van der Waals surface area contributed by atoms with Gasteiger partial charge in [0.2, 0.25) is 5.95 Å². The van der Waals surface area contributed by atoms with Crippen LogP contribution in [0.2, 0.25) is 0 Å². The van der Waals surface area contributed by atoms with E-state index in [1.807, 2.05) is 18.2 Å². The van der Waals surface area contributed by atoms with Crippen molar-refractivity contribution in [1.82, 2.24) is 19.5 Å². The summed E-state index contributed by atoms with van der Waals surface area (Å²) < 4.78 is 1.44. The van der Waals surface area contributed by atoms with Gasteiger partial charge in [-0.05, 0) is 25.0 Å². The maximum Gasteiger partial charge on any atom is 0.352 e. The third-order valence-electron chi connectivity index (χ3n) is 2.74. The van der Waals surface area contributed by atoms with Crippen molar-refractivity contribution < 1.29 is 0 Å². The van der Waals surface area contributed by atoms with Gasteiger partial charge in [0.1, 0.15) is 6.33 Å². The van der Waals surface area contributed by atoms with Crippen molar-refractivity contribution >= 4 is 5.95 Å². The minimum Gasteiger partial charge on any atom is -0.351 e. The highest BCUT2D eigenvalue weighted by atomic mass is 16.1. The fraction of sp³-hybridized carbons (Fsp3) is 0.333. The Morgan fingerprint density at radius 1 is 1.33 bits per heavy atom. The van der Waals surface area contributed by atoms with Crippen LogP contribution in [0.4, 0.5) is 5.95 Å². The van der Waals surface area contributed by atoms with E-state index in [0.29, 0.717) is 18.5 Å². The van der Waals surface area contributed by atoms with Gasteiger partial charge in [0, 0.05) is 12.2 Å². The molecule has 0 atom stereocenters. The molecule has 6 nitrogen and oxygen atoms in total. The zero-order valence-electron chi connectivity index (χ0n) is 9.78. The molecule has 6 heteroatoms. The van der Waals surface area contributed by atoms with E-state index in [9.17, 15) is 4.79 Å². The van der Waals surface area contributed by atoms with Gasteiger partial charge in [-0.2, -0.15) is 4.98 Å². The third-order valence-corrected chi connectivity index (χ3v) is 2.74. The maximum absolute atomic E-state index is 11.8. The van der Waals surface area contributed by atoms with Gasteiger partial charge in [-0.3, -0.25) is 9.55 Å². The van der Waals surface area contributed by atoms with Gasteiger partial charge in [-0.1, -0.05) is 6.07 Å². The van der Waals surface area contributed by atoms with E-state index in [1.54, 1.807) is 6.20 Å². The molecular formula is C12H13N5O. The smallest absolute Gasteiger partial charge is 0.351 e. The van der Waals surface area contributed by atoms with Crippen molar-refractivity contribution in [3.63, 3.8) is 0 Å². The summed E-state index contributed by atoms with van der Waals surface area (Å²) in [6, 6.07) is 6.03. The SMILES string of the molecule is O=c1nc(NC2CC2)ncn1Cc1ccccn1. The second-order valence-electron chi connectivity index (χ2n) is 4.33. The largest absolute Gasteiger partial charge is 0.352 e. The molecule has 0 aromatic carbocycles. The van der Waals surface area contributed by atoms with Crippen LogP contribution in [0, 0.1) is 0 Å². The third kappa shape index (κ3) is 2.53. The molecule has 2 heterocycles. The highest BCUT2D eigenvalue weighted by molar-refractivity contribution is 5.25. The average molecular weight is 243 g/mol. The minimum atomic E-state index is -0.307. The molecule has 1 fully saturated rings. The first-order valence-electron chi connectivity index (χ1n) is 5.91. The van der Waals surface area contributed by atoms with E-state index in [4.69, 9.17) is 0 Å². The number of pyridine rings is 1. The van der Waals surface area contributed by atoms with E-state index in [1.165, 1.54) is 10.9 Å². The lowest BCUT2D eigenvalue weighted by atomic mass is 10.3. The molecule has 1 saturated carbocycles. The Bertz CT molecular complexity index is 591. The van der Waals surface area contributed by atoms with E-state index in [2.05, 4.69) is 20.3 Å². The second kappa shape index (κ2) is 4.56. The topological polar surface area (TPSA) is 72.7 Å². The van der Waals surface area contributed by atoms with Gasteiger partial charge in [0.05, 0.1) is 12.2 Å². The molecule has 1 aliphatic carbocycles. The maximum atomic E-state index is 11.8. The number of nitrogens with one attached hydrogen (secondary N) is 1. The van der Waals surface area contributed by atoms with E-state index < -0.39 is 0 Å². The van der Waals surface area contributed by atoms with Crippen molar-refractivity contribution in [3.8, 4) is 0 Å². The van der Waals surface area contributed by atoms with E-state index >= 15 is 0 Å². The molecule has 0 spiro atoms. The molecule has 0 amide bonds. The molecule has 0 bridgehead atoms. The lowest BCUT2D eigenvalue weighted by Crippen LogP contribution is -2.25. The fourth-order valence-corrected chi connectivity index (χ4v) is 1.61. The van der Waals surface area contributed by atoms with Gasteiger partial charge in [-0.25, -0.2) is 9.78 Å². The van der Waals surface area contributed by atoms with E-state index in [-0.39, 0.29) is 5.69 Å². The first-order chi connectivity index (χ1) is 8.81. The molecular weight excluding hydrogens is 230 g/mol. The lowest BCUT2D eigenvalue weighted by molar-refractivity contribution is 0.687. The molecule has 0 radical (unpaired) electrons. The summed E-state index contributed by atoms with van der Waals surface area (Å²) in [6.07, 6.45) is 5.46. The molecule has 0 unspecified atom stereocenters. The van der Waals surface area contributed by atoms with Gasteiger partial charge in [0.25, 0.3) is 0 Å². The number of nitrogens with zero attached hydrogens (tertiary/aromatic N) is 4. The Hall–Kier alpha value is -2.24. The quantitative estimate of drug-likeness (QED) is 0.853. The summed E-state index contributed by atoms with van der Waals surface area (Å²) in [5.74, 6) is 0.416.